The second kappa shape index (κ2) is 7.86. The van der Waals surface area contributed by atoms with Gasteiger partial charge in [-0.3, -0.25) is 0 Å². The molecule has 1 nitrogen and oxygen atoms in total. The standard InChI is InChI=1S/C12H20Br2O/c13-12(14)7-4-6-11-9-10(11)5-2-1-3-8-15/h7,10-11,15H,1-6,8-9H2/t10-,11+/m1/s1. The molecule has 0 aromatic heterocycles. The van der Waals surface area contributed by atoms with E-state index in [1.165, 1.54) is 38.5 Å². The van der Waals surface area contributed by atoms with E-state index in [9.17, 15) is 0 Å². The molecule has 0 heterocycles. The fraction of sp³-hybridized carbons (Fsp3) is 0.833. The lowest BCUT2D eigenvalue weighted by atomic mass is 10.1. The van der Waals surface area contributed by atoms with Gasteiger partial charge in [0.1, 0.15) is 0 Å². The van der Waals surface area contributed by atoms with E-state index < -0.39 is 0 Å². The highest BCUT2D eigenvalue weighted by molar-refractivity contribution is 9.28. The van der Waals surface area contributed by atoms with Crippen LogP contribution in [0.4, 0.5) is 0 Å². The summed E-state index contributed by atoms with van der Waals surface area (Å²) >= 11 is 6.75. The van der Waals surface area contributed by atoms with Crippen LogP contribution in [0.15, 0.2) is 9.47 Å². The van der Waals surface area contributed by atoms with Crippen molar-refractivity contribution in [3.63, 3.8) is 0 Å². The summed E-state index contributed by atoms with van der Waals surface area (Å²) in [6.45, 7) is 0.359. The van der Waals surface area contributed by atoms with E-state index in [0.717, 1.165) is 21.6 Å². The molecule has 0 unspecified atom stereocenters. The van der Waals surface area contributed by atoms with E-state index in [1.807, 2.05) is 0 Å². The van der Waals surface area contributed by atoms with Crippen molar-refractivity contribution < 1.29 is 5.11 Å². The van der Waals surface area contributed by atoms with Crippen molar-refractivity contribution >= 4 is 31.9 Å². The number of aliphatic hydroxyl groups excluding tert-OH is 1. The predicted molar refractivity (Wildman–Crippen MR) is 72.3 cm³/mol. The Bertz CT molecular complexity index is 200. The lowest BCUT2D eigenvalue weighted by Crippen LogP contribution is -1.86. The zero-order valence-corrected chi connectivity index (χ0v) is 12.3. The van der Waals surface area contributed by atoms with Gasteiger partial charge >= 0.3 is 0 Å². The fourth-order valence-electron chi connectivity index (χ4n) is 2.12. The Morgan fingerprint density at radius 2 is 1.87 bits per heavy atom. The van der Waals surface area contributed by atoms with Gasteiger partial charge in [-0.05, 0) is 69.4 Å². The molecule has 1 aliphatic carbocycles. The third-order valence-electron chi connectivity index (χ3n) is 3.14. The van der Waals surface area contributed by atoms with Crippen molar-refractivity contribution in [2.75, 3.05) is 6.61 Å². The van der Waals surface area contributed by atoms with Gasteiger partial charge in [0.25, 0.3) is 0 Å². The van der Waals surface area contributed by atoms with Crippen LogP contribution in [0, 0.1) is 11.8 Å². The Hall–Kier alpha value is 0.660. The van der Waals surface area contributed by atoms with Crippen molar-refractivity contribution in [1.29, 1.82) is 0 Å². The van der Waals surface area contributed by atoms with Gasteiger partial charge in [-0.15, -0.1) is 0 Å². The van der Waals surface area contributed by atoms with Crippen LogP contribution in [0.3, 0.4) is 0 Å². The molecule has 1 saturated carbocycles. The van der Waals surface area contributed by atoms with Crippen molar-refractivity contribution in [3.05, 3.63) is 9.47 Å². The number of rotatable bonds is 8. The first-order chi connectivity index (χ1) is 7.24. The number of hydrogen-bond acceptors (Lipinski definition) is 1. The molecule has 2 atom stereocenters. The zero-order valence-electron chi connectivity index (χ0n) is 9.09. The van der Waals surface area contributed by atoms with E-state index in [1.54, 1.807) is 0 Å². The van der Waals surface area contributed by atoms with Gasteiger partial charge in [-0.2, -0.15) is 0 Å². The monoisotopic (exact) mass is 338 g/mol. The van der Waals surface area contributed by atoms with Gasteiger partial charge in [0.15, 0.2) is 0 Å². The zero-order chi connectivity index (χ0) is 11.1. The Kier molecular flexibility index (Phi) is 7.19. The first-order valence-electron chi connectivity index (χ1n) is 5.86. The van der Waals surface area contributed by atoms with Crippen LogP contribution in [0.5, 0.6) is 0 Å². The molecule has 1 fully saturated rings. The second-order valence-electron chi connectivity index (χ2n) is 4.40. The number of hydrogen-bond donors (Lipinski definition) is 1. The van der Waals surface area contributed by atoms with Crippen LogP contribution in [-0.2, 0) is 0 Å². The van der Waals surface area contributed by atoms with Crippen LogP contribution in [0.1, 0.15) is 44.9 Å². The molecule has 0 saturated heterocycles. The van der Waals surface area contributed by atoms with E-state index in [0.29, 0.717) is 6.61 Å². The smallest absolute Gasteiger partial charge is 0.0564 e. The maximum atomic E-state index is 8.65. The van der Waals surface area contributed by atoms with Crippen molar-refractivity contribution in [2.45, 2.75) is 44.9 Å². The molecule has 1 rings (SSSR count). The summed E-state index contributed by atoms with van der Waals surface area (Å²) in [7, 11) is 0. The summed E-state index contributed by atoms with van der Waals surface area (Å²) in [4.78, 5) is 0. The average Bonchev–Trinajstić information content (AvgIpc) is 2.91. The quantitative estimate of drug-likeness (QED) is 0.641. The first-order valence-corrected chi connectivity index (χ1v) is 7.44. The predicted octanol–water partition coefficient (Wildman–Crippen LogP) is 4.59. The summed E-state index contributed by atoms with van der Waals surface area (Å²) in [5, 5.41) is 8.65. The number of halogens is 2. The molecular weight excluding hydrogens is 320 g/mol. The summed E-state index contributed by atoms with van der Waals surface area (Å²) in [5.74, 6) is 1.97. The van der Waals surface area contributed by atoms with Crippen molar-refractivity contribution in [1.82, 2.24) is 0 Å². The Balaban J connectivity index is 1.91. The topological polar surface area (TPSA) is 20.2 Å². The minimum atomic E-state index is 0.359. The lowest BCUT2D eigenvalue weighted by molar-refractivity contribution is 0.282. The number of unbranched alkanes of at least 4 members (excludes halogenated alkanes) is 2. The molecule has 88 valence electrons. The highest BCUT2D eigenvalue weighted by Crippen LogP contribution is 2.45. The number of allylic oxidation sites excluding steroid dienone is 1. The van der Waals surface area contributed by atoms with Crippen molar-refractivity contribution in [3.8, 4) is 0 Å². The van der Waals surface area contributed by atoms with Gasteiger partial charge < -0.3 is 5.11 Å². The van der Waals surface area contributed by atoms with E-state index in [2.05, 4.69) is 37.9 Å². The van der Waals surface area contributed by atoms with Gasteiger partial charge in [-0.25, -0.2) is 0 Å². The molecule has 1 N–H and O–H groups in total. The SMILES string of the molecule is OCCCCC[C@@H]1C[C@@H]1CCC=C(Br)Br. The van der Waals surface area contributed by atoms with Gasteiger partial charge in [0.05, 0.1) is 3.39 Å². The van der Waals surface area contributed by atoms with Crippen LogP contribution >= 0.6 is 31.9 Å². The van der Waals surface area contributed by atoms with Crippen molar-refractivity contribution in [2.24, 2.45) is 11.8 Å². The Morgan fingerprint density at radius 1 is 1.13 bits per heavy atom. The van der Waals surface area contributed by atoms with Gasteiger partial charge in [0.2, 0.25) is 0 Å². The van der Waals surface area contributed by atoms with Gasteiger partial charge in [-0.1, -0.05) is 25.3 Å². The minimum Gasteiger partial charge on any atom is -0.396 e. The van der Waals surface area contributed by atoms with E-state index in [-0.39, 0.29) is 0 Å². The van der Waals surface area contributed by atoms with Crippen LogP contribution in [0.2, 0.25) is 0 Å². The first kappa shape index (κ1) is 13.7. The Labute approximate surface area is 110 Å². The van der Waals surface area contributed by atoms with E-state index >= 15 is 0 Å². The maximum Gasteiger partial charge on any atom is 0.0564 e. The molecule has 0 radical (unpaired) electrons. The molecule has 0 spiro atoms. The highest BCUT2D eigenvalue weighted by Gasteiger charge is 2.34. The lowest BCUT2D eigenvalue weighted by Gasteiger charge is -1.99. The summed E-state index contributed by atoms with van der Waals surface area (Å²) < 4.78 is 1.08. The molecule has 3 heteroatoms. The molecular formula is C12H20Br2O. The third-order valence-corrected chi connectivity index (χ3v) is 3.79. The summed E-state index contributed by atoms with van der Waals surface area (Å²) in [5.41, 5.74) is 0. The molecule has 0 bridgehead atoms. The average molecular weight is 340 g/mol. The van der Waals surface area contributed by atoms with Crippen LogP contribution in [0.25, 0.3) is 0 Å². The van der Waals surface area contributed by atoms with Crippen LogP contribution in [-0.4, -0.2) is 11.7 Å². The molecule has 1 aliphatic rings. The Morgan fingerprint density at radius 3 is 2.53 bits per heavy atom. The largest absolute Gasteiger partial charge is 0.396 e. The minimum absolute atomic E-state index is 0.359. The normalized spacial score (nSPS) is 23.9. The summed E-state index contributed by atoms with van der Waals surface area (Å²) in [6, 6.07) is 0. The third kappa shape index (κ3) is 6.75. The van der Waals surface area contributed by atoms with E-state index in [4.69, 9.17) is 5.11 Å². The number of aliphatic hydroxyl groups is 1. The molecule has 0 aromatic rings. The van der Waals surface area contributed by atoms with Crippen LogP contribution < -0.4 is 0 Å². The molecule has 0 aromatic carbocycles. The van der Waals surface area contributed by atoms with Gasteiger partial charge in [0, 0.05) is 6.61 Å². The second-order valence-corrected chi connectivity index (χ2v) is 7.17. The maximum absolute atomic E-state index is 8.65. The highest BCUT2D eigenvalue weighted by atomic mass is 79.9. The fourth-order valence-corrected chi connectivity index (χ4v) is 2.58. The molecule has 15 heavy (non-hydrogen) atoms. The molecule has 0 amide bonds. The summed E-state index contributed by atoms with van der Waals surface area (Å²) in [6.07, 6.45) is 11.0. The molecule has 0 aliphatic heterocycles.